The molecule has 0 fully saturated rings. The number of rotatable bonds is 5. The van der Waals surface area contributed by atoms with E-state index in [0.717, 1.165) is 12.8 Å². The highest BCUT2D eigenvalue weighted by Crippen LogP contribution is 2.41. The van der Waals surface area contributed by atoms with Gasteiger partial charge in [0, 0.05) is 20.2 Å². The van der Waals surface area contributed by atoms with Crippen molar-refractivity contribution in [2.45, 2.75) is 26.7 Å². The molecule has 152 valence electrons. The van der Waals surface area contributed by atoms with Crippen LogP contribution in [0.3, 0.4) is 0 Å². The van der Waals surface area contributed by atoms with Crippen molar-refractivity contribution < 1.29 is 0 Å². The molecule has 0 aliphatic carbocycles. The first kappa shape index (κ1) is 19.8. The van der Waals surface area contributed by atoms with Gasteiger partial charge >= 0.3 is 0 Å². The molecule has 0 radical (unpaired) electrons. The van der Waals surface area contributed by atoms with E-state index in [4.69, 9.17) is 0 Å². The molecule has 0 unspecified atom stereocenters. The average molecular weight is 419 g/mol. The summed E-state index contributed by atoms with van der Waals surface area (Å²) in [5.74, 6) is 0. The van der Waals surface area contributed by atoms with E-state index in [1.807, 2.05) is 11.3 Å². The summed E-state index contributed by atoms with van der Waals surface area (Å²) in [6.07, 6.45) is 1.91. The molecule has 0 N–H and O–H groups in total. The Hall–Kier alpha value is -3.16. The van der Waals surface area contributed by atoms with E-state index in [0.29, 0.717) is 0 Å². The van der Waals surface area contributed by atoms with Gasteiger partial charge in [-0.1, -0.05) is 92.4 Å². The molecule has 1 heterocycles. The van der Waals surface area contributed by atoms with Gasteiger partial charge in [-0.05, 0) is 64.8 Å². The normalized spacial score (nSPS) is 11.3. The van der Waals surface area contributed by atoms with Gasteiger partial charge in [0.2, 0.25) is 0 Å². The van der Waals surface area contributed by atoms with Gasteiger partial charge in [-0.3, -0.25) is 0 Å². The Kier molecular flexibility index (Phi) is 5.21. The summed E-state index contributed by atoms with van der Waals surface area (Å²) in [7, 11) is 0. The van der Waals surface area contributed by atoms with Gasteiger partial charge < -0.3 is 0 Å². The second kappa shape index (κ2) is 8.17. The Morgan fingerprint density at radius 2 is 1.52 bits per heavy atom. The highest BCUT2D eigenvalue weighted by atomic mass is 32.1. The van der Waals surface area contributed by atoms with Crippen molar-refractivity contribution in [1.29, 1.82) is 0 Å². The van der Waals surface area contributed by atoms with Crippen LogP contribution in [0.15, 0.2) is 91.5 Å². The molecule has 0 spiro atoms. The van der Waals surface area contributed by atoms with Crippen LogP contribution in [0.2, 0.25) is 0 Å². The predicted molar refractivity (Wildman–Crippen MR) is 138 cm³/mol. The number of thiophene rings is 1. The summed E-state index contributed by atoms with van der Waals surface area (Å²) in [5.41, 5.74) is 9.19. The van der Waals surface area contributed by atoms with E-state index < -0.39 is 0 Å². The molecule has 4 aromatic carbocycles. The molecule has 0 aliphatic rings. The summed E-state index contributed by atoms with van der Waals surface area (Å²) < 4.78 is 2.76. The first-order chi connectivity index (χ1) is 15.2. The Labute approximate surface area is 188 Å². The van der Waals surface area contributed by atoms with Gasteiger partial charge in [0.25, 0.3) is 0 Å². The first-order valence-electron chi connectivity index (χ1n) is 10.9. The highest BCUT2D eigenvalue weighted by Gasteiger charge is 2.16. The Bertz CT molecular complexity index is 1400. The van der Waals surface area contributed by atoms with E-state index in [9.17, 15) is 0 Å². The zero-order chi connectivity index (χ0) is 21.4. The molecule has 1 aromatic heterocycles. The summed E-state index contributed by atoms with van der Waals surface area (Å²) >= 11 is 1.92. The number of hydrogen-bond donors (Lipinski definition) is 0. The fourth-order valence-corrected chi connectivity index (χ4v) is 5.66. The third-order valence-corrected chi connectivity index (χ3v) is 7.50. The van der Waals surface area contributed by atoms with E-state index >= 15 is 0 Å². The SMILES string of the molecule is C=C(CC)c1ccc(Cc2c(-c3ccccc3C)ccc3c2sc2ccccc23)cc1. The summed E-state index contributed by atoms with van der Waals surface area (Å²) in [6.45, 7) is 8.55. The molecular formula is C30H26S. The molecule has 0 bridgehead atoms. The van der Waals surface area contributed by atoms with Gasteiger partial charge in [0.05, 0.1) is 0 Å². The van der Waals surface area contributed by atoms with Crippen LogP contribution in [0.4, 0.5) is 0 Å². The smallest absolute Gasteiger partial charge is 0.0396 e. The van der Waals surface area contributed by atoms with Crippen molar-refractivity contribution in [3.8, 4) is 11.1 Å². The van der Waals surface area contributed by atoms with E-state index in [2.05, 4.69) is 105 Å². The summed E-state index contributed by atoms with van der Waals surface area (Å²) in [5, 5.41) is 2.72. The zero-order valence-electron chi connectivity index (χ0n) is 18.1. The van der Waals surface area contributed by atoms with Crippen LogP contribution >= 0.6 is 11.3 Å². The quantitative estimate of drug-likeness (QED) is 0.267. The maximum atomic E-state index is 4.19. The maximum Gasteiger partial charge on any atom is 0.0396 e. The van der Waals surface area contributed by atoms with Crippen molar-refractivity contribution in [3.05, 3.63) is 114 Å². The van der Waals surface area contributed by atoms with Gasteiger partial charge in [-0.15, -0.1) is 11.3 Å². The van der Waals surface area contributed by atoms with E-state index in [-0.39, 0.29) is 0 Å². The van der Waals surface area contributed by atoms with Crippen LogP contribution in [-0.4, -0.2) is 0 Å². The maximum absolute atomic E-state index is 4.19. The molecule has 5 aromatic rings. The van der Waals surface area contributed by atoms with Crippen LogP contribution in [-0.2, 0) is 6.42 Å². The average Bonchev–Trinajstić information content (AvgIpc) is 3.19. The monoisotopic (exact) mass is 418 g/mol. The Morgan fingerprint density at radius 1 is 0.774 bits per heavy atom. The molecule has 0 saturated carbocycles. The van der Waals surface area contributed by atoms with Gasteiger partial charge in [0.1, 0.15) is 0 Å². The van der Waals surface area contributed by atoms with Crippen LogP contribution in [0.25, 0.3) is 36.9 Å². The molecule has 1 heteroatoms. The molecule has 0 nitrogen and oxygen atoms in total. The minimum absolute atomic E-state index is 0.923. The lowest BCUT2D eigenvalue weighted by Gasteiger charge is -2.14. The first-order valence-corrected chi connectivity index (χ1v) is 11.7. The Balaban J connectivity index is 1.70. The molecule has 0 saturated heterocycles. The van der Waals surface area contributed by atoms with E-state index in [1.54, 1.807) is 0 Å². The van der Waals surface area contributed by atoms with Crippen LogP contribution < -0.4 is 0 Å². The highest BCUT2D eigenvalue weighted by molar-refractivity contribution is 7.26. The van der Waals surface area contributed by atoms with Crippen molar-refractivity contribution in [3.63, 3.8) is 0 Å². The molecule has 31 heavy (non-hydrogen) atoms. The minimum atomic E-state index is 0.923. The summed E-state index contributed by atoms with van der Waals surface area (Å²) in [4.78, 5) is 0. The summed E-state index contributed by atoms with van der Waals surface area (Å²) in [6, 6.07) is 31.1. The van der Waals surface area contributed by atoms with Crippen molar-refractivity contribution in [1.82, 2.24) is 0 Å². The second-order valence-corrected chi connectivity index (χ2v) is 9.26. The third-order valence-electron chi connectivity index (χ3n) is 6.25. The van der Waals surface area contributed by atoms with Crippen molar-refractivity contribution in [2.24, 2.45) is 0 Å². The molecular weight excluding hydrogens is 392 g/mol. The third kappa shape index (κ3) is 3.60. The molecule has 0 atom stereocenters. The molecule has 0 amide bonds. The number of fused-ring (bicyclic) bond motifs is 3. The van der Waals surface area contributed by atoms with Crippen LogP contribution in [0.1, 0.15) is 35.6 Å². The minimum Gasteiger partial charge on any atom is -0.135 e. The number of allylic oxidation sites excluding steroid dienone is 1. The lowest BCUT2D eigenvalue weighted by molar-refractivity contribution is 1.20. The fourth-order valence-electron chi connectivity index (χ4n) is 4.41. The number of aryl methyl sites for hydroxylation is 1. The molecule has 0 aliphatic heterocycles. The zero-order valence-corrected chi connectivity index (χ0v) is 18.9. The number of hydrogen-bond acceptors (Lipinski definition) is 1. The lowest BCUT2D eigenvalue weighted by Crippen LogP contribution is -1.95. The number of benzene rings is 4. The van der Waals surface area contributed by atoms with Gasteiger partial charge in [0.15, 0.2) is 0 Å². The second-order valence-electron chi connectivity index (χ2n) is 8.21. The van der Waals surface area contributed by atoms with Crippen molar-refractivity contribution >= 4 is 37.1 Å². The Morgan fingerprint density at radius 3 is 2.29 bits per heavy atom. The predicted octanol–water partition coefficient (Wildman–Crippen LogP) is 9.04. The fraction of sp³-hybridized carbons (Fsp3) is 0.133. The molecule has 5 rings (SSSR count). The van der Waals surface area contributed by atoms with Crippen LogP contribution in [0.5, 0.6) is 0 Å². The van der Waals surface area contributed by atoms with Gasteiger partial charge in [-0.25, -0.2) is 0 Å². The lowest BCUT2D eigenvalue weighted by atomic mass is 9.90. The standard InChI is InChI=1S/C30H26S/c1-4-20(2)23-15-13-22(14-16-23)19-28-25(24-10-6-5-9-21(24)3)17-18-27-26-11-7-8-12-29(26)31-30(27)28/h5-18H,2,4,19H2,1,3H3. The van der Waals surface area contributed by atoms with Crippen molar-refractivity contribution in [2.75, 3.05) is 0 Å². The van der Waals surface area contributed by atoms with E-state index in [1.165, 1.54) is 59.1 Å². The topological polar surface area (TPSA) is 0 Å². The largest absolute Gasteiger partial charge is 0.135 e. The van der Waals surface area contributed by atoms with Crippen LogP contribution in [0, 0.1) is 6.92 Å². The van der Waals surface area contributed by atoms with Gasteiger partial charge in [-0.2, -0.15) is 0 Å².